The number of rotatable bonds is 7. The highest BCUT2D eigenvalue weighted by Crippen LogP contribution is 2.13. The molecule has 0 aliphatic carbocycles. The van der Waals surface area contributed by atoms with E-state index >= 15 is 0 Å². The van der Waals surface area contributed by atoms with Crippen LogP contribution in [0.25, 0.3) is 0 Å². The minimum atomic E-state index is -0.760. The summed E-state index contributed by atoms with van der Waals surface area (Å²) in [5.74, 6) is -0.289. The number of carbonyl (C=O) groups is 1. The average molecular weight is 249 g/mol. The molecule has 100 valence electrons. The Morgan fingerprint density at radius 2 is 1.89 bits per heavy atom. The van der Waals surface area contributed by atoms with Gasteiger partial charge >= 0.3 is 5.97 Å². The summed E-state index contributed by atoms with van der Waals surface area (Å²) in [5, 5.41) is 8.96. The third-order valence-corrected chi connectivity index (χ3v) is 2.88. The molecule has 0 saturated heterocycles. The van der Waals surface area contributed by atoms with E-state index in [1.54, 1.807) is 0 Å². The molecular weight excluding hydrogens is 226 g/mol. The van der Waals surface area contributed by atoms with Gasteiger partial charge in [-0.25, -0.2) is 0 Å². The van der Waals surface area contributed by atoms with Crippen molar-refractivity contribution < 1.29 is 9.90 Å². The Bertz CT molecular complexity index is 388. The number of carboxylic acid groups (broad SMARTS) is 1. The molecule has 0 spiro atoms. The normalized spacial score (nSPS) is 11.2. The van der Waals surface area contributed by atoms with E-state index in [0.717, 1.165) is 13.0 Å². The summed E-state index contributed by atoms with van der Waals surface area (Å²) < 4.78 is 0. The molecule has 1 aromatic rings. The quantitative estimate of drug-likeness (QED) is 0.807. The van der Waals surface area contributed by atoms with Crippen LogP contribution in [0, 0.1) is 5.92 Å². The Balaban J connectivity index is 2.77. The van der Waals surface area contributed by atoms with E-state index in [9.17, 15) is 4.79 Å². The van der Waals surface area contributed by atoms with Crippen molar-refractivity contribution in [3.05, 3.63) is 35.4 Å². The highest BCUT2D eigenvalue weighted by atomic mass is 16.4. The van der Waals surface area contributed by atoms with Crippen LogP contribution in [0.3, 0.4) is 0 Å². The van der Waals surface area contributed by atoms with E-state index in [1.807, 2.05) is 17.0 Å². The van der Waals surface area contributed by atoms with Gasteiger partial charge in [0, 0.05) is 13.1 Å². The summed E-state index contributed by atoms with van der Waals surface area (Å²) in [6.45, 7) is 7.99. The lowest BCUT2D eigenvalue weighted by Crippen LogP contribution is -2.32. The van der Waals surface area contributed by atoms with Gasteiger partial charge in [0.25, 0.3) is 0 Å². The summed E-state index contributed by atoms with van der Waals surface area (Å²) in [4.78, 5) is 12.9. The first-order valence-corrected chi connectivity index (χ1v) is 6.53. The Morgan fingerprint density at radius 1 is 1.28 bits per heavy atom. The monoisotopic (exact) mass is 249 g/mol. The lowest BCUT2D eigenvalue weighted by Gasteiger charge is -2.23. The zero-order chi connectivity index (χ0) is 13.5. The van der Waals surface area contributed by atoms with Gasteiger partial charge in [-0.05, 0) is 23.5 Å². The molecule has 0 fully saturated rings. The van der Waals surface area contributed by atoms with Crippen LogP contribution in [0.15, 0.2) is 24.3 Å². The first kappa shape index (κ1) is 14.7. The van der Waals surface area contributed by atoms with Gasteiger partial charge in [0.2, 0.25) is 0 Å². The van der Waals surface area contributed by atoms with Crippen molar-refractivity contribution in [2.45, 2.75) is 33.7 Å². The fraction of sp³-hybridized carbons (Fsp3) is 0.533. The molecule has 0 atom stereocenters. The summed E-state index contributed by atoms with van der Waals surface area (Å²) >= 11 is 0. The molecule has 0 aliphatic rings. The van der Waals surface area contributed by atoms with Gasteiger partial charge in [-0.2, -0.15) is 0 Å². The smallest absolute Gasteiger partial charge is 0.317 e. The van der Waals surface area contributed by atoms with Crippen molar-refractivity contribution in [1.29, 1.82) is 0 Å². The lowest BCUT2D eigenvalue weighted by molar-refractivity contribution is -0.138. The van der Waals surface area contributed by atoms with Crippen molar-refractivity contribution >= 4 is 5.97 Å². The highest BCUT2D eigenvalue weighted by Gasteiger charge is 2.13. The largest absolute Gasteiger partial charge is 0.480 e. The second-order valence-corrected chi connectivity index (χ2v) is 5.08. The maximum atomic E-state index is 10.9. The van der Waals surface area contributed by atoms with Crippen molar-refractivity contribution in [2.75, 3.05) is 13.1 Å². The van der Waals surface area contributed by atoms with Gasteiger partial charge in [0.05, 0.1) is 6.54 Å². The molecule has 18 heavy (non-hydrogen) atoms. The molecule has 0 amide bonds. The topological polar surface area (TPSA) is 40.5 Å². The Morgan fingerprint density at radius 3 is 2.39 bits per heavy atom. The maximum Gasteiger partial charge on any atom is 0.317 e. The lowest BCUT2D eigenvalue weighted by atomic mass is 10.0. The number of hydrogen-bond donors (Lipinski definition) is 1. The molecule has 1 N–H and O–H groups in total. The molecule has 0 saturated carbocycles. The molecule has 1 aromatic carbocycles. The van der Waals surface area contributed by atoms with Crippen molar-refractivity contribution in [2.24, 2.45) is 5.92 Å². The van der Waals surface area contributed by atoms with Gasteiger partial charge in [0.15, 0.2) is 0 Å². The van der Waals surface area contributed by atoms with Gasteiger partial charge in [-0.1, -0.05) is 45.0 Å². The summed E-state index contributed by atoms with van der Waals surface area (Å²) in [6, 6.07) is 8.26. The van der Waals surface area contributed by atoms with Crippen LogP contribution in [-0.4, -0.2) is 29.1 Å². The van der Waals surface area contributed by atoms with Gasteiger partial charge in [0.1, 0.15) is 0 Å². The van der Waals surface area contributed by atoms with E-state index in [4.69, 9.17) is 5.11 Å². The number of aryl methyl sites for hydroxylation is 1. The molecule has 0 bridgehead atoms. The Kier molecular flexibility index (Phi) is 5.86. The van der Waals surface area contributed by atoms with Gasteiger partial charge in [-0.3, -0.25) is 9.69 Å². The van der Waals surface area contributed by atoms with E-state index in [0.29, 0.717) is 12.5 Å². The SMILES string of the molecule is CCc1ccccc1CN(CC(=O)O)CC(C)C. The Labute approximate surface area is 109 Å². The van der Waals surface area contributed by atoms with Gasteiger partial charge in [-0.15, -0.1) is 0 Å². The minimum Gasteiger partial charge on any atom is -0.480 e. The summed E-state index contributed by atoms with van der Waals surface area (Å²) in [7, 11) is 0. The molecule has 0 unspecified atom stereocenters. The molecule has 3 heteroatoms. The first-order chi connectivity index (χ1) is 8.52. The van der Waals surface area contributed by atoms with Crippen LogP contribution < -0.4 is 0 Å². The maximum absolute atomic E-state index is 10.9. The van der Waals surface area contributed by atoms with Crippen LogP contribution >= 0.6 is 0 Å². The molecular formula is C15H23NO2. The Hall–Kier alpha value is -1.35. The summed E-state index contributed by atoms with van der Waals surface area (Å²) in [5.41, 5.74) is 2.54. The number of carboxylic acids is 1. The third kappa shape index (κ3) is 4.88. The number of hydrogen-bond acceptors (Lipinski definition) is 2. The van der Waals surface area contributed by atoms with E-state index in [1.165, 1.54) is 11.1 Å². The zero-order valence-corrected chi connectivity index (χ0v) is 11.5. The first-order valence-electron chi connectivity index (χ1n) is 6.53. The predicted octanol–water partition coefficient (Wildman–Crippen LogP) is 2.79. The van der Waals surface area contributed by atoms with Crippen LogP contribution in [0.2, 0.25) is 0 Å². The van der Waals surface area contributed by atoms with Crippen LogP contribution in [0.4, 0.5) is 0 Å². The zero-order valence-electron chi connectivity index (χ0n) is 11.5. The minimum absolute atomic E-state index is 0.107. The molecule has 1 rings (SSSR count). The van der Waals surface area contributed by atoms with Crippen LogP contribution in [0.1, 0.15) is 31.9 Å². The molecule has 3 nitrogen and oxygen atoms in total. The summed E-state index contributed by atoms with van der Waals surface area (Å²) in [6.07, 6.45) is 0.985. The number of nitrogens with zero attached hydrogens (tertiary/aromatic N) is 1. The van der Waals surface area contributed by atoms with E-state index < -0.39 is 5.97 Å². The van der Waals surface area contributed by atoms with E-state index in [-0.39, 0.29) is 6.54 Å². The third-order valence-electron chi connectivity index (χ3n) is 2.88. The fourth-order valence-electron chi connectivity index (χ4n) is 2.19. The van der Waals surface area contributed by atoms with Gasteiger partial charge < -0.3 is 5.11 Å². The van der Waals surface area contributed by atoms with E-state index in [2.05, 4.69) is 32.9 Å². The average Bonchev–Trinajstić information content (AvgIpc) is 2.27. The standard InChI is InChI=1S/C15H23NO2/c1-4-13-7-5-6-8-14(13)10-16(9-12(2)3)11-15(17)18/h5-8,12H,4,9-11H2,1-3H3,(H,17,18). The van der Waals surface area contributed by atoms with Crippen molar-refractivity contribution in [3.63, 3.8) is 0 Å². The number of benzene rings is 1. The van der Waals surface area contributed by atoms with Crippen LogP contribution in [-0.2, 0) is 17.8 Å². The highest BCUT2D eigenvalue weighted by molar-refractivity contribution is 5.69. The molecule has 0 aliphatic heterocycles. The number of aliphatic carboxylic acids is 1. The molecule has 0 heterocycles. The second-order valence-electron chi connectivity index (χ2n) is 5.08. The van der Waals surface area contributed by atoms with Crippen LogP contribution in [0.5, 0.6) is 0 Å². The van der Waals surface area contributed by atoms with Crippen molar-refractivity contribution in [3.8, 4) is 0 Å². The van der Waals surface area contributed by atoms with Crippen molar-refractivity contribution in [1.82, 2.24) is 4.90 Å². The molecule has 0 radical (unpaired) electrons. The predicted molar refractivity (Wildman–Crippen MR) is 73.6 cm³/mol. The second kappa shape index (κ2) is 7.17. The fourth-order valence-corrected chi connectivity index (χ4v) is 2.19. The molecule has 0 aromatic heterocycles.